The maximum Gasteiger partial charge on any atom is 0.252 e. The van der Waals surface area contributed by atoms with Gasteiger partial charge in [-0.2, -0.15) is 23.1 Å². The van der Waals surface area contributed by atoms with E-state index in [0.29, 0.717) is 12.5 Å². The van der Waals surface area contributed by atoms with Gasteiger partial charge in [0.15, 0.2) is 0 Å². The van der Waals surface area contributed by atoms with Gasteiger partial charge in [-0.3, -0.25) is 9.59 Å². The molecule has 5 nitrogen and oxygen atoms in total. The molecule has 1 aromatic heterocycles. The first-order valence-electron chi connectivity index (χ1n) is 8.14. The third-order valence-corrected chi connectivity index (χ3v) is 6.20. The van der Waals surface area contributed by atoms with E-state index in [-0.39, 0.29) is 30.3 Å². The standard InChI is InChI=1S/C16H23N3O2S2.ClH/c20-15(9-14-11-23-8-4-17-14)19-5-1-13(2-6-19)18-16(21)12-3-7-22-10-12;/h3,7,10,13-14,17H,1-2,4-6,8-9,11H2,(H,18,21);1H. The van der Waals surface area contributed by atoms with Gasteiger partial charge in [0, 0.05) is 60.6 Å². The molecule has 2 saturated heterocycles. The van der Waals surface area contributed by atoms with Crippen molar-refractivity contribution in [2.75, 3.05) is 31.1 Å². The van der Waals surface area contributed by atoms with Gasteiger partial charge in [-0.05, 0) is 24.3 Å². The molecular weight excluding hydrogens is 366 g/mol. The lowest BCUT2D eigenvalue weighted by atomic mass is 10.0. The number of hydrogen-bond acceptors (Lipinski definition) is 5. The predicted molar refractivity (Wildman–Crippen MR) is 102 cm³/mol. The van der Waals surface area contributed by atoms with Crippen LogP contribution in [0.4, 0.5) is 0 Å². The molecule has 1 atom stereocenters. The average molecular weight is 390 g/mol. The minimum absolute atomic E-state index is 0. The second-order valence-electron chi connectivity index (χ2n) is 6.07. The summed E-state index contributed by atoms with van der Waals surface area (Å²) in [7, 11) is 0. The molecule has 134 valence electrons. The first kappa shape index (κ1) is 19.6. The van der Waals surface area contributed by atoms with Gasteiger partial charge in [0.05, 0.1) is 0 Å². The maximum atomic E-state index is 12.4. The highest BCUT2D eigenvalue weighted by molar-refractivity contribution is 7.99. The monoisotopic (exact) mass is 389 g/mol. The summed E-state index contributed by atoms with van der Waals surface area (Å²) in [6.07, 6.45) is 2.28. The van der Waals surface area contributed by atoms with Crippen molar-refractivity contribution in [3.63, 3.8) is 0 Å². The lowest BCUT2D eigenvalue weighted by Crippen LogP contribution is -2.48. The summed E-state index contributed by atoms with van der Waals surface area (Å²) in [5.74, 6) is 2.41. The molecule has 2 aliphatic rings. The second-order valence-corrected chi connectivity index (χ2v) is 8.00. The maximum absolute atomic E-state index is 12.4. The van der Waals surface area contributed by atoms with Crippen LogP contribution in [0.5, 0.6) is 0 Å². The number of amides is 2. The van der Waals surface area contributed by atoms with Gasteiger partial charge in [0.2, 0.25) is 5.91 Å². The summed E-state index contributed by atoms with van der Waals surface area (Å²) in [6, 6.07) is 2.33. The molecule has 8 heteroatoms. The van der Waals surface area contributed by atoms with E-state index in [1.54, 1.807) is 0 Å². The third-order valence-electron chi connectivity index (χ3n) is 4.39. The Morgan fingerprint density at radius 1 is 1.33 bits per heavy atom. The quantitative estimate of drug-likeness (QED) is 0.826. The van der Waals surface area contributed by atoms with Crippen molar-refractivity contribution in [3.8, 4) is 0 Å². The summed E-state index contributed by atoms with van der Waals surface area (Å²) in [5, 5.41) is 10.3. The zero-order chi connectivity index (χ0) is 16.1. The Hall–Kier alpha value is -0.760. The molecular formula is C16H24ClN3O2S2. The largest absolute Gasteiger partial charge is 0.349 e. The smallest absolute Gasteiger partial charge is 0.252 e. The molecule has 0 aromatic carbocycles. The Bertz CT molecular complexity index is 527. The Kier molecular flexibility index (Phi) is 7.87. The molecule has 2 amide bonds. The molecule has 24 heavy (non-hydrogen) atoms. The van der Waals surface area contributed by atoms with E-state index in [1.165, 1.54) is 11.3 Å². The van der Waals surface area contributed by atoms with Gasteiger partial charge >= 0.3 is 0 Å². The summed E-state index contributed by atoms with van der Waals surface area (Å²) < 4.78 is 0. The molecule has 0 radical (unpaired) electrons. The molecule has 2 fully saturated rings. The number of halogens is 1. The number of nitrogens with zero attached hydrogens (tertiary/aromatic N) is 1. The third kappa shape index (κ3) is 5.37. The van der Waals surface area contributed by atoms with Crippen molar-refractivity contribution in [3.05, 3.63) is 22.4 Å². The highest BCUT2D eigenvalue weighted by atomic mass is 35.5. The van der Waals surface area contributed by atoms with E-state index in [0.717, 1.165) is 49.5 Å². The number of carbonyl (C=O) groups excluding carboxylic acids is 2. The Morgan fingerprint density at radius 2 is 2.12 bits per heavy atom. The Balaban J connectivity index is 0.00000208. The molecule has 3 heterocycles. The number of carbonyl (C=O) groups is 2. The van der Waals surface area contributed by atoms with Crippen LogP contribution in [0.1, 0.15) is 29.6 Å². The van der Waals surface area contributed by atoms with Crippen molar-refractivity contribution in [1.29, 1.82) is 0 Å². The number of likely N-dealkylation sites (tertiary alicyclic amines) is 1. The number of piperidine rings is 1. The van der Waals surface area contributed by atoms with Gasteiger partial charge in [-0.25, -0.2) is 0 Å². The van der Waals surface area contributed by atoms with Crippen molar-refractivity contribution in [2.24, 2.45) is 0 Å². The molecule has 1 unspecified atom stereocenters. The fourth-order valence-electron chi connectivity index (χ4n) is 3.03. The van der Waals surface area contributed by atoms with Crippen LogP contribution in [-0.4, -0.2) is 59.9 Å². The zero-order valence-corrected chi connectivity index (χ0v) is 16.0. The molecule has 0 bridgehead atoms. The average Bonchev–Trinajstić information content (AvgIpc) is 3.11. The first-order valence-corrected chi connectivity index (χ1v) is 10.2. The van der Waals surface area contributed by atoms with Crippen LogP contribution in [0.3, 0.4) is 0 Å². The highest BCUT2D eigenvalue weighted by Crippen LogP contribution is 2.16. The minimum atomic E-state index is -0.000503. The zero-order valence-electron chi connectivity index (χ0n) is 13.5. The number of nitrogens with one attached hydrogen (secondary N) is 2. The number of thioether (sulfide) groups is 1. The van der Waals surface area contributed by atoms with E-state index in [1.807, 2.05) is 33.5 Å². The molecule has 0 saturated carbocycles. The number of hydrogen-bond donors (Lipinski definition) is 2. The fraction of sp³-hybridized carbons (Fsp3) is 0.625. The van der Waals surface area contributed by atoms with Crippen LogP contribution >= 0.6 is 35.5 Å². The lowest BCUT2D eigenvalue weighted by Gasteiger charge is -2.33. The summed E-state index contributed by atoms with van der Waals surface area (Å²) in [5.41, 5.74) is 0.731. The molecule has 1 aromatic rings. The van der Waals surface area contributed by atoms with Crippen LogP contribution in [0.25, 0.3) is 0 Å². The van der Waals surface area contributed by atoms with Gasteiger partial charge in [0.1, 0.15) is 0 Å². The normalized spacial score (nSPS) is 21.8. The van der Waals surface area contributed by atoms with Gasteiger partial charge < -0.3 is 15.5 Å². The van der Waals surface area contributed by atoms with E-state index in [9.17, 15) is 9.59 Å². The minimum Gasteiger partial charge on any atom is -0.349 e. The van der Waals surface area contributed by atoms with E-state index in [4.69, 9.17) is 0 Å². The van der Waals surface area contributed by atoms with Crippen LogP contribution in [0.2, 0.25) is 0 Å². The molecule has 0 spiro atoms. The van der Waals surface area contributed by atoms with Crippen molar-refractivity contribution < 1.29 is 9.59 Å². The van der Waals surface area contributed by atoms with E-state index < -0.39 is 0 Å². The van der Waals surface area contributed by atoms with Crippen LogP contribution in [-0.2, 0) is 4.79 Å². The topological polar surface area (TPSA) is 61.4 Å². The van der Waals surface area contributed by atoms with E-state index >= 15 is 0 Å². The second kappa shape index (κ2) is 9.65. The first-order chi connectivity index (χ1) is 11.2. The van der Waals surface area contributed by atoms with Crippen molar-refractivity contribution in [2.45, 2.75) is 31.3 Å². The van der Waals surface area contributed by atoms with Crippen LogP contribution < -0.4 is 10.6 Å². The predicted octanol–water partition coefficient (Wildman–Crippen LogP) is 1.99. The summed E-state index contributed by atoms with van der Waals surface area (Å²) >= 11 is 3.45. The molecule has 2 aliphatic heterocycles. The van der Waals surface area contributed by atoms with Crippen molar-refractivity contribution in [1.82, 2.24) is 15.5 Å². The SMILES string of the molecule is Cl.O=C(NC1CCN(C(=O)CC2CSCCN2)CC1)c1ccsc1. The Labute approximate surface area is 157 Å². The summed E-state index contributed by atoms with van der Waals surface area (Å²) in [4.78, 5) is 26.4. The fourth-order valence-corrected chi connectivity index (χ4v) is 4.61. The molecule has 3 rings (SSSR count). The van der Waals surface area contributed by atoms with Gasteiger partial charge in [-0.1, -0.05) is 0 Å². The van der Waals surface area contributed by atoms with Crippen LogP contribution in [0, 0.1) is 0 Å². The molecule has 2 N–H and O–H groups in total. The van der Waals surface area contributed by atoms with E-state index in [2.05, 4.69) is 10.6 Å². The number of rotatable bonds is 4. The van der Waals surface area contributed by atoms with Gasteiger partial charge in [0.25, 0.3) is 5.91 Å². The summed E-state index contributed by atoms with van der Waals surface area (Å²) in [6.45, 7) is 2.49. The lowest BCUT2D eigenvalue weighted by molar-refractivity contribution is -0.132. The Morgan fingerprint density at radius 3 is 2.75 bits per heavy atom. The van der Waals surface area contributed by atoms with Crippen molar-refractivity contribution >= 4 is 47.3 Å². The van der Waals surface area contributed by atoms with Crippen LogP contribution in [0.15, 0.2) is 16.8 Å². The highest BCUT2D eigenvalue weighted by Gasteiger charge is 2.26. The number of thiophene rings is 1. The molecule has 0 aliphatic carbocycles. The van der Waals surface area contributed by atoms with Gasteiger partial charge in [-0.15, -0.1) is 12.4 Å².